The minimum Gasteiger partial charge on any atom is -0.481 e. The van der Waals surface area contributed by atoms with Gasteiger partial charge in [0.05, 0.1) is 6.42 Å². The number of rotatable bonds is 5. The van der Waals surface area contributed by atoms with Crippen LogP contribution in [0, 0.1) is 0 Å². The Morgan fingerprint density at radius 1 is 1.41 bits per heavy atom. The van der Waals surface area contributed by atoms with Gasteiger partial charge in [0.1, 0.15) is 4.34 Å². The SMILES string of the molecule is O=C(O)CC(Sc1nccs1)c1ccccc1. The number of thioether (sulfide) groups is 1. The maximum atomic E-state index is 10.9. The summed E-state index contributed by atoms with van der Waals surface area (Å²) in [5, 5.41) is 10.8. The molecule has 0 bridgehead atoms. The summed E-state index contributed by atoms with van der Waals surface area (Å²) in [6.07, 6.45) is 1.84. The Balaban J connectivity index is 2.16. The number of hydrogen-bond donors (Lipinski definition) is 1. The smallest absolute Gasteiger partial charge is 0.304 e. The number of aromatic nitrogens is 1. The van der Waals surface area contributed by atoms with Gasteiger partial charge in [-0.05, 0) is 5.56 Å². The topological polar surface area (TPSA) is 50.2 Å². The molecule has 0 saturated heterocycles. The maximum Gasteiger partial charge on any atom is 0.304 e. The third kappa shape index (κ3) is 3.57. The second-order valence-electron chi connectivity index (χ2n) is 3.41. The van der Waals surface area contributed by atoms with Crippen molar-refractivity contribution in [1.82, 2.24) is 4.98 Å². The fraction of sp³-hybridized carbons (Fsp3) is 0.167. The van der Waals surface area contributed by atoms with E-state index >= 15 is 0 Å². The van der Waals surface area contributed by atoms with E-state index in [2.05, 4.69) is 4.98 Å². The quantitative estimate of drug-likeness (QED) is 0.841. The van der Waals surface area contributed by atoms with Crippen molar-refractivity contribution in [1.29, 1.82) is 0 Å². The molecule has 88 valence electrons. The van der Waals surface area contributed by atoms with Crippen molar-refractivity contribution in [2.45, 2.75) is 16.0 Å². The van der Waals surface area contributed by atoms with E-state index in [4.69, 9.17) is 5.11 Å². The molecular formula is C12H11NO2S2. The van der Waals surface area contributed by atoms with Gasteiger partial charge in [-0.15, -0.1) is 11.3 Å². The van der Waals surface area contributed by atoms with Crippen molar-refractivity contribution >= 4 is 29.1 Å². The fourth-order valence-corrected chi connectivity index (χ4v) is 3.43. The van der Waals surface area contributed by atoms with E-state index in [9.17, 15) is 4.79 Å². The van der Waals surface area contributed by atoms with Gasteiger partial charge in [0.2, 0.25) is 0 Å². The van der Waals surface area contributed by atoms with Crippen molar-refractivity contribution in [3.8, 4) is 0 Å². The lowest BCUT2D eigenvalue weighted by Crippen LogP contribution is -2.03. The van der Waals surface area contributed by atoms with Crippen LogP contribution < -0.4 is 0 Å². The lowest BCUT2D eigenvalue weighted by molar-refractivity contribution is -0.137. The molecule has 0 saturated carbocycles. The number of carboxylic acid groups (broad SMARTS) is 1. The second-order valence-corrected chi connectivity index (χ2v) is 5.76. The van der Waals surface area contributed by atoms with Gasteiger partial charge >= 0.3 is 5.97 Å². The standard InChI is InChI=1S/C12H11NO2S2/c14-11(15)8-10(9-4-2-1-3-5-9)17-12-13-6-7-16-12/h1-7,10H,8H2,(H,14,15). The molecule has 1 N–H and O–H groups in total. The van der Waals surface area contributed by atoms with Crippen LogP contribution in [0.2, 0.25) is 0 Å². The predicted molar refractivity (Wildman–Crippen MR) is 69.4 cm³/mol. The van der Waals surface area contributed by atoms with Gasteiger partial charge in [-0.1, -0.05) is 42.1 Å². The average molecular weight is 265 g/mol. The number of nitrogens with zero attached hydrogens (tertiary/aromatic N) is 1. The lowest BCUT2D eigenvalue weighted by atomic mass is 10.1. The van der Waals surface area contributed by atoms with Gasteiger partial charge in [0.25, 0.3) is 0 Å². The number of aliphatic carboxylic acids is 1. The van der Waals surface area contributed by atoms with E-state index in [1.165, 1.54) is 23.1 Å². The summed E-state index contributed by atoms with van der Waals surface area (Å²) in [5.74, 6) is -0.789. The molecule has 1 aromatic heterocycles. The van der Waals surface area contributed by atoms with Crippen LogP contribution in [0.4, 0.5) is 0 Å². The van der Waals surface area contributed by atoms with Crippen LogP contribution >= 0.6 is 23.1 Å². The third-order valence-corrected chi connectivity index (χ3v) is 4.36. The predicted octanol–water partition coefficient (Wildman–Crippen LogP) is 3.45. The zero-order valence-electron chi connectivity index (χ0n) is 8.95. The Kier molecular flexibility index (Phi) is 4.17. The van der Waals surface area contributed by atoms with E-state index in [1.807, 2.05) is 35.7 Å². The summed E-state index contributed by atoms with van der Waals surface area (Å²) >= 11 is 3.04. The van der Waals surface area contributed by atoms with Crippen LogP contribution in [0.15, 0.2) is 46.2 Å². The van der Waals surface area contributed by atoms with Crippen LogP contribution in [0.3, 0.4) is 0 Å². The van der Waals surface area contributed by atoms with Gasteiger partial charge in [-0.2, -0.15) is 0 Å². The Bertz CT molecular complexity index is 471. The number of thiazole rings is 1. The minimum absolute atomic E-state index is 0.0835. The van der Waals surface area contributed by atoms with E-state index in [0.717, 1.165) is 9.90 Å². The highest BCUT2D eigenvalue weighted by atomic mass is 32.2. The first kappa shape index (κ1) is 12.1. The Morgan fingerprint density at radius 2 is 2.18 bits per heavy atom. The van der Waals surface area contributed by atoms with Crippen molar-refractivity contribution in [3.05, 3.63) is 47.5 Å². The molecule has 1 heterocycles. The first-order valence-corrected chi connectivity index (χ1v) is 6.84. The summed E-state index contributed by atoms with van der Waals surface area (Å²) in [6, 6.07) is 9.68. The highest BCUT2D eigenvalue weighted by Crippen LogP contribution is 2.38. The van der Waals surface area contributed by atoms with Crippen molar-refractivity contribution in [2.75, 3.05) is 0 Å². The average Bonchev–Trinajstić information content (AvgIpc) is 2.82. The highest BCUT2D eigenvalue weighted by Gasteiger charge is 2.17. The molecule has 0 radical (unpaired) electrons. The molecule has 0 aliphatic carbocycles. The molecule has 0 spiro atoms. The Hall–Kier alpha value is -1.33. The molecule has 17 heavy (non-hydrogen) atoms. The van der Waals surface area contributed by atoms with Crippen LogP contribution in [-0.4, -0.2) is 16.1 Å². The van der Waals surface area contributed by atoms with Gasteiger partial charge in [-0.3, -0.25) is 4.79 Å². The van der Waals surface area contributed by atoms with Gasteiger partial charge in [-0.25, -0.2) is 4.98 Å². The van der Waals surface area contributed by atoms with Gasteiger partial charge < -0.3 is 5.11 Å². The summed E-state index contributed by atoms with van der Waals surface area (Å²) < 4.78 is 0.903. The van der Waals surface area contributed by atoms with E-state index in [0.29, 0.717) is 0 Å². The molecule has 1 aromatic carbocycles. The molecule has 0 amide bonds. The van der Waals surface area contributed by atoms with Crippen molar-refractivity contribution in [2.24, 2.45) is 0 Å². The summed E-state index contributed by atoms with van der Waals surface area (Å²) in [4.78, 5) is 15.1. The fourth-order valence-electron chi connectivity index (χ4n) is 1.44. The third-order valence-electron chi connectivity index (χ3n) is 2.18. The number of hydrogen-bond acceptors (Lipinski definition) is 4. The molecule has 0 aliphatic heterocycles. The summed E-state index contributed by atoms with van der Waals surface area (Å²) in [5.41, 5.74) is 1.02. The molecule has 0 fully saturated rings. The molecule has 3 nitrogen and oxygen atoms in total. The highest BCUT2D eigenvalue weighted by molar-refractivity contribution is 8.01. The Labute approximate surface area is 108 Å². The molecule has 5 heteroatoms. The maximum absolute atomic E-state index is 10.9. The molecule has 1 atom stereocenters. The zero-order chi connectivity index (χ0) is 12.1. The first-order chi connectivity index (χ1) is 8.25. The van der Waals surface area contributed by atoms with E-state index in [-0.39, 0.29) is 11.7 Å². The summed E-state index contributed by atoms with van der Waals surface area (Å²) in [7, 11) is 0. The second kappa shape index (κ2) is 5.84. The normalized spacial score (nSPS) is 12.2. The molecular weight excluding hydrogens is 254 g/mol. The lowest BCUT2D eigenvalue weighted by Gasteiger charge is -2.12. The van der Waals surface area contributed by atoms with Gasteiger partial charge in [0, 0.05) is 16.8 Å². The molecule has 1 unspecified atom stereocenters. The molecule has 0 aliphatic rings. The molecule has 2 aromatic rings. The van der Waals surface area contributed by atoms with Crippen molar-refractivity contribution < 1.29 is 9.90 Å². The first-order valence-electron chi connectivity index (χ1n) is 5.08. The van der Waals surface area contributed by atoms with Crippen LogP contribution in [-0.2, 0) is 4.79 Å². The van der Waals surface area contributed by atoms with Crippen LogP contribution in [0.5, 0.6) is 0 Å². The number of benzene rings is 1. The largest absolute Gasteiger partial charge is 0.481 e. The summed E-state index contributed by atoms with van der Waals surface area (Å²) in [6.45, 7) is 0. The zero-order valence-corrected chi connectivity index (χ0v) is 10.6. The van der Waals surface area contributed by atoms with Crippen molar-refractivity contribution in [3.63, 3.8) is 0 Å². The molecule has 2 rings (SSSR count). The van der Waals surface area contributed by atoms with E-state index < -0.39 is 5.97 Å². The van der Waals surface area contributed by atoms with E-state index in [1.54, 1.807) is 6.20 Å². The van der Waals surface area contributed by atoms with Crippen LogP contribution in [0.1, 0.15) is 17.2 Å². The number of carbonyl (C=O) groups is 1. The Morgan fingerprint density at radius 3 is 2.76 bits per heavy atom. The monoisotopic (exact) mass is 265 g/mol. The number of carboxylic acids is 1. The van der Waals surface area contributed by atoms with Crippen LogP contribution in [0.25, 0.3) is 0 Å². The van der Waals surface area contributed by atoms with Gasteiger partial charge in [0.15, 0.2) is 0 Å². The minimum atomic E-state index is -0.789.